The van der Waals surface area contributed by atoms with E-state index in [4.69, 9.17) is 4.74 Å². The van der Waals surface area contributed by atoms with E-state index in [1.807, 2.05) is 19.1 Å². The summed E-state index contributed by atoms with van der Waals surface area (Å²) in [5, 5.41) is 12.2. The van der Waals surface area contributed by atoms with Crippen molar-refractivity contribution < 1.29 is 4.74 Å². The van der Waals surface area contributed by atoms with Crippen LogP contribution in [0.1, 0.15) is 43.0 Å². The molecule has 1 fully saturated rings. The van der Waals surface area contributed by atoms with Crippen LogP contribution in [0.5, 0.6) is 0 Å². The van der Waals surface area contributed by atoms with Gasteiger partial charge in [0.15, 0.2) is 0 Å². The Hall–Kier alpha value is -2.92. The Bertz CT molecular complexity index is 874. The fourth-order valence-corrected chi connectivity index (χ4v) is 3.02. The molecule has 1 aromatic carbocycles. The first-order valence-corrected chi connectivity index (χ1v) is 8.16. The second-order valence-corrected chi connectivity index (χ2v) is 5.95. The van der Waals surface area contributed by atoms with Gasteiger partial charge >= 0.3 is 11.4 Å². The lowest BCUT2D eigenvalue weighted by atomic mass is 10.0. The third-order valence-electron chi connectivity index (χ3n) is 4.31. The molecule has 8 nitrogen and oxygen atoms in total. The molecule has 1 aliphatic rings. The number of rotatable bonds is 4. The van der Waals surface area contributed by atoms with Gasteiger partial charge < -0.3 is 10.1 Å². The highest BCUT2D eigenvalue weighted by Crippen LogP contribution is 2.20. The molecule has 1 aliphatic heterocycles. The highest BCUT2D eigenvalue weighted by atomic mass is 16.5. The van der Waals surface area contributed by atoms with Crippen molar-refractivity contribution in [2.45, 2.75) is 31.8 Å². The molecule has 1 atom stereocenters. The molecular weight excluding hydrogens is 322 g/mol. The summed E-state index contributed by atoms with van der Waals surface area (Å²) in [4.78, 5) is 31.2. The van der Waals surface area contributed by atoms with E-state index in [2.05, 4.69) is 21.4 Å². The van der Waals surface area contributed by atoms with E-state index in [9.17, 15) is 14.9 Å². The number of anilines is 1. The monoisotopic (exact) mass is 341 g/mol. The summed E-state index contributed by atoms with van der Waals surface area (Å²) in [7, 11) is 0. The van der Waals surface area contributed by atoms with Crippen LogP contribution < -0.4 is 16.7 Å². The first kappa shape index (κ1) is 16.9. The van der Waals surface area contributed by atoms with E-state index in [0.717, 1.165) is 10.1 Å². The molecule has 25 heavy (non-hydrogen) atoms. The van der Waals surface area contributed by atoms with E-state index in [0.29, 0.717) is 31.6 Å². The maximum atomic E-state index is 12.3. The number of nitrogens with zero attached hydrogens (tertiary/aromatic N) is 3. The smallest absolute Gasteiger partial charge is 0.355 e. The molecule has 0 spiro atoms. The van der Waals surface area contributed by atoms with Crippen molar-refractivity contribution in [3.05, 3.63) is 56.4 Å². The Morgan fingerprint density at radius 2 is 2.08 bits per heavy atom. The maximum Gasteiger partial charge on any atom is 0.355 e. The van der Waals surface area contributed by atoms with Gasteiger partial charge in [0.05, 0.1) is 17.7 Å². The number of benzene rings is 1. The van der Waals surface area contributed by atoms with Crippen LogP contribution >= 0.6 is 0 Å². The minimum absolute atomic E-state index is 0.0959. The van der Waals surface area contributed by atoms with Gasteiger partial charge in [-0.25, -0.2) is 14.2 Å². The number of nitrogens with one attached hydrogen (secondary N) is 2. The Morgan fingerprint density at radius 1 is 1.36 bits per heavy atom. The summed E-state index contributed by atoms with van der Waals surface area (Å²) in [5.74, 6) is 0.0959. The number of hydrogen-bond acceptors (Lipinski definition) is 6. The predicted molar refractivity (Wildman–Crippen MR) is 91.4 cm³/mol. The van der Waals surface area contributed by atoms with Gasteiger partial charge in [0.2, 0.25) is 5.95 Å². The van der Waals surface area contributed by atoms with Crippen LogP contribution in [0.15, 0.2) is 33.9 Å². The molecule has 0 bridgehead atoms. The maximum absolute atomic E-state index is 12.3. The van der Waals surface area contributed by atoms with Crippen LogP contribution in [0.4, 0.5) is 5.95 Å². The Kier molecular flexibility index (Phi) is 4.95. The van der Waals surface area contributed by atoms with Crippen molar-refractivity contribution in [3.63, 3.8) is 0 Å². The van der Waals surface area contributed by atoms with Crippen LogP contribution in [0, 0.1) is 11.3 Å². The minimum Gasteiger partial charge on any atom is -0.381 e. The third-order valence-corrected chi connectivity index (χ3v) is 4.31. The summed E-state index contributed by atoms with van der Waals surface area (Å²) < 4.78 is 6.42. The van der Waals surface area contributed by atoms with Gasteiger partial charge in [-0.15, -0.1) is 0 Å². The normalized spacial score (nSPS) is 16.2. The van der Waals surface area contributed by atoms with Crippen molar-refractivity contribution in [1.29, 1.82) is 5.26 Å². The van der Waals surface area contributed by atoms with E-state index >= 15 is 0 Å². The lowest BCUT2D eigenvalue weighted by molar-refractivity contribution is 0.0670. The number of nitriles is 1. The molecule has 0 radical (unpaired) electrons. The number of hydrogen-bond donors (Lipinski definition) is 2. The number of aromatic nitrogens is 3. The predicted octanol–water partition coefficient (Wildman–Crippen LogP) is 1.33. The van der Waals surface area contributed by atoms with Crippen molar-refractivity contribution in [2.75, 3.05) is 18.5 Å². The van der Waals surface area contributed by atoms with Crippen LogP contribution in [0.3, 0.4) is 0 Å². The van der Waals surface area contributed by atoms with Crippen LogP contribution in [0.25, 0.3) is 0 Å². The Balaban J connectivity index is 1.85. The van der Waals surface area contributed by atoms with Gasteiger partial charge in [-0.2, -0.15) is 10.2 Å². The van der Waals surface area contributed by atoms with Gasteiger partial charge in [-0.05, 0) is 31.4 Å². The molecule has 2 N–H and O–H groups in total. The third kappa shape index (κ3) is 3.61. The average molecular weight is 341 g/mol. The van der Waals surface area contributed by atoms with E-state index in [1.54, 1.807) is 12.1 Å². The largest absolute Gasteiger partial charge is 0.381 e. The topological polar surface area (TPSA) is 113 Å². The molecule has 1 aromatic heterocycles. The molecule has 130 valence electrons. The fourth-order valence-electron chi connectivity index (χ4n) is 3.02. The molecular formula is C17H19N5O3. The van der Waals surface area contributed by atoms with E-state index < -0.39 is 11.4 Å². The number of ether oxygens (including phenoxy) is 1. The molecule has 2 aromatic rings. The molecule has 0 unspecified atom stereocenters. The Morgan fingerprint density at radius 3 is 2.76 bits per heavy atom. The number of H-pyrrole nitrogens is 1. The van der Waals surface area contributed by atoms with Gasteiger partial charge in [0.1, 0.15) is 0 Å². The van der Waals surface area contributed by atoms with Crippen molar-refractivity contribution in [2.24, 2.45) is 0 Å². The van der Waals surface area contributed by atoms with Crippen molar-refractivity contribution in [3.8, 4) is 6.07 Å². The molecule has 8 heteroatoms. The van der Waals surface area contributed by atoms with Crippen LogP contribution in [-0.2, 0) is 4.74 Å². The number of aromatic amines is 1. The van der Waals surface area contributed by atoms with Gasteiger partial charge in [0.25, 0.3) is 0 Å². The van der Waals surface area contributed by atoms with Gasteiger partial charge in [-0.1, -0.05) is 18.2 Å². The lowest BCUT2D eigenvalue weighted by Crippen LogP contribution is -2.42. The molecule has 3 rings (SSSR count). The van der Waals surface area contributed by atoms with Gasteiger partial charge in [-0.3, -0.25) is 4.98 Å². The average Bonchev–Trinajstić information content (AvgIpc) is 2.62. The zero-order valence-electron chi connectivity index (χ0n) is 13.9. The first-order chi connectivity index (χ1) is 12.1. The highest BCUT2D eigenvalue weighted by molar-refractivity contribution is 5.42. The summed E-state index contributed by atoms with van der Waals surface area (Å²) in [6, 6.07) is 8.78. The van der Waals surface area contributed by atoms with Crippen molar-refractivity contribution in [1.82, 2.24) is 14.5 Å². The summed E-state index contributed by atoms with van der Waals surface area (Å²) in [5.41, 5.74) is 0.218. The van der Waals surface area contributed by atoms with Crippen molar-refractivity contribution >= 4 is 5.95 Å². The van der Waals surface area contributed by atoms with Gasteiger partial charge in [0, 0.05) is 19.3 Å². The zero-order chi connectivity index (χ0) is 17.8. The summed E-state index contributed by atoms with van der Waals surface area (Å²) in [6.07, 6.45) is 1.23. The van der Waals surface area contributed by atoms with Crippen LogP contribution in [0.2, 0.25) is 0 Å². The van der Waals surface area contributed by atoms with Crippen LogP contribution in [-0.4, -0.2) is 27.7 Å². The highest BCUT2D eigenvalue weighted by Gasteiger charge is 2.20. The quantitative estimate of drug-likeness (QED) is 0.867. The fraction of sp³-hybridized carbons (Fsp3) is 0.412. The first-order valence-electron chi connectivity index (χ1n) is 8.16. The summed E-state index contributed by atoms with van der Waals surface area (Å²) >= 11 is 0. The zero-order valence-corrected chi connectivity index (χ0v) is 13.9. The standard InChI is InChI=1S/C17H19N5O3/c1-11(14-5-3-2-4-12(14)10-18)19-15-20-16(23)22(17(24)21-15)13-6-8-25-9-7-13/h2-5,11,13H,6-9H2,1H3,(H2,19,20,21,23,24)/t11-/m0/s1. The molecule has 2 heterocycles. The summed E-state index contributed by atoms with van der Waals surface area (Å²) in [6.45, 7) is 2.89. The molecule has 0 aliphatic carbocycles. The Labute approximate surface area is 144 Å². The SMILES string of the molecule is C[C@H](Nc1nc(=O)n(C2CCOCC2)c(=O)[nH]1)c1ccccc1C#N. The minimum atomic E-state index is -0.584. The molecule has 1 saturated heterocycles. The molecule has 0 amide bonds. The van der Waals surface area contributed by atoms with E-state index in [-0.39, 0.29) is 18.0 Å². The lowest BCUT2D eigenvalue weighted by Gasteiger charge is -2.23. The molecule has 0 saturated carbocycles. The van der Waals surface area contributed by atoms with E-state index in [1.165, 1.54) is 0 Å². The second kappa shape index (κ2) is 7.32. The second-order valence-electron chi connectivity index (χ2n) is 5.95.